The molecule has 0 unspecified atom stereocenters. The summed E-state index contributed by atoms with van der Waals surface area (Å²) < 4.78 is 0. The summed E-state index contributed by atoms with van der Waals surface area (Å²) in [5.41, 5.74) is 2.38. The van der Waals surface area contributed by atoms with E-state index >= 15 is 0 Å². The van der Waals surface area contributed by atoms with Crippen molar-refractivity contribution in [3.63, 3.8) is 0 Å². The first-order valence-corrected chi connectivity index (χ1v) is 8.11. The summed E-state index contributed by atoms with van der Waals surface area (Å²) in [6.07, 6.45) is 0. The molecule has 0 aromatic heterocycles. The van der Waals surface area contributed by atoms with Gasteiger partial charge in [0, 0.05) is 17.6 Å². The molecule has 0 saturated heterocycles. The minimum absolute atomic E-state index is 0.0757. The topological polar surface area (TPSA) is 56.1 Å². The molecule has 3 aromatic carbocycles. The van der Waals surface area contributed by atoms with Gasteiger partial charge in [0.1, 0.15) is 0 Å². The number of fused-ring (bicyclic) bond motifs is 1. The fraction of sp³-hybridized carbons (Fsp3) is 0.143. The highest BCUT2D eigenvalue weighted by molar-refractivity contribution is 6.02. The van der Waals surface area contributed by atoms with Gasteiger partial charge in [-0.05, 0) is 30.1 Å². The molecule has 0 atom stereocenters. The summed E-state index contributed by atoms with van der Waals surface area (Å²) in [6, 6.07) is 23.5. The van der Waals surface area contributed by atoms with Gasteiger partial charge in [0.25, 0.3) is 0 Å². The van der Waals surface area contributed by atoms with E-state index < -0.39 is 0 Å². The van der Waals surface area contributed by atoms with Crippen LogP contribution in [0.3, 0.4) is 0 Å². The average molecular weight is 329 g/mol. The Morgan fingerprint density at radius 1 is 1.04 bits per heavy atom. The molecule has 0 aliphatic carbocycles. The van der Waals surface area contributed by atoms with E-state index in [4.69, 9.17) is 5.26 Å². The Morgan fingerprint density at radius 3 is 2.60 bits per heavy atom. The molecule has 0 bridgehead atoms. The summed E-state index contributed by atoms with van der Waals surface area (Å²) >= 11 is 0. The van der Waals surface area contributed by atoms with E-state index in [0.717, 1.165) is 22.0 Å². The van der Waals surface area contributed by atoms with Crippen molar-refractivity contribution in [1.82, 2.24) is 4.90 Å². The van der Waals surface area contributed by atoms with Crippen molar-refractivity contribution in [2.75, 3.05) is 18.9 Å². The summed E-state index contributed by atoms with van der Waals surface area (Å²) in [5, 5.41) is 14.3. The van der Waals surface area contributed by atoms with Crippen molar-refractivity contribution in [3.8, 4) is 6.07 Å². The second kappa shape index (κ2) is 7.61. The number of hydrogen-bond acceptors (Lipinski definition) is 3. The van der Waals surface area contributed by atoms with Gasteiger partial charge >= 0.3 is 0 Å². The van der Waals surface area contributed by atoms with E-state index in [9.17, 15) is 4.79 Å². The SMILES string of the molecule is CN(CC(=O)Nc1cccc2ccccc12)Cc1ccccc1C#N. The Labute approximate surface area is 147 Å². The lowest BCUT2D eigenvalue weighted by Crippen LogP contribution is -2.30. The molecule has 4 nitrogen and oxygen atoms in total. The highest BCUT2D eigenvalue weighted by Gasteiger charge is 2.11. The Bertz CT molecular complexity index is 938. The molecule has 0 saturated carbocycles. The van der Waals surface area contributed by atoms with E-state index in [-0.39, 0.29) is 12.5 Å². The van der Waals surface area contributed by atoms with E-state index in [1.165, 1.54) is 0 Å². The molecule has 0 fully saturated rings. The summed E-state index contributed by atoms with van der Waals surface area (Å²) in [4.78, 5) is 14.3. The number of anilines is 1. The zero-order valence-corrected chi connectivity index (χ0v) is 14.1. The fourth-order valence-corrected chi connectivity index (χ4v) is 2.88. The molecule has 124 valence electrons. The predicted molar refractivity (Wildman–Crippen MR) is 100 cm³/mol. The number of carbonyl (C=O) groups is 1. The van der Waals surface area contributed by atoms with Gasteiger partial charge < -0.3 is 5.32 Å². The smallest absolute Gasteiger partial charge is 0.238 e. The Balaban J connectivity index is 1.67. The highest BCUT2D eigenvalue weighted by Crippen LogP contribution is 2.22. The molecule has 0 aliphatic rings. The second-order valence-electron chi connectivity index (χ2n) is 6.02. The highest BCUT2D eigenvalue weighted by atomic mass is 16.2. The van der Waals surface area contributed by atoms with Crippen LogP contribution in [0.1, 0.15) is 11.1 Å². The lowest BCUT2D eigenvalue weighted by Gasteiger charge is -2.17. The number of rotatable bonds is 5. The molecule has 3 aromatic rings. The van der Waals surface area contributed by atoms with Crippen LogP contribution >= 0.6 is 0 Å². The summed E-state index contributed by atoms with van der Waals surface area (Å²) in [5.74, 6) is -0.0757. The van der Waals surface area contributed by atoms with Gasteiger partial charge in [0.05, 0.1) is 18.2 Å². The number of benzene rings is 3. The Hall–Kier alpha value is -3.16. The average Bonchev–Trinajstić information content (AvgIpc) is 2.62. The standard InChI is InChI=1S/C21H19N3O/c1-24(14-18-9-3-2-8-17(18)13-22)15-21(25)23-20-12-6-10-16-7-4-5-11-19(16)20/h2-12H,14-15H2,1H3,(H,23,25). The molecule has 0 spiro atoms. The molecular weight excluding hydrogens is 310 g/mol. The van der Waals surface area contributed by atoms with Crippen LogP contribution in [-0.2, 0) is 11.3 Å². The number of amides is 1. The van der Waals surface area contributed by atoms with Crippen molar-refractivity contribution in [3.05, 3.63) is 77.9 Å². The van der Waals surface area contributed by atoms with Crippen LogP contribution in [0.2, 0.25) is 0 Å². The molecule has 1 N–H and O–H groups in total. The second-order valence-corrected chi connectivity index (χ2v) is 6.02. The third-order valence-electron chi connectivity index (χ3n) is 4.06. The number of nitrogens with one attached hydrogen (secondary N) is 1. The monoisotopic (exact) mass is 329 g/mol. The Kier molecular flexibility index (Phi) is 5.08. The minimum atomic E-state index is -0.0757. The van der Waals surface area contributed by atoms with E-state index in [0.29, 0.717) is 12.1 Å². The van der Waals surface area contributed by atoms with E-state index in [1.807, 2.05) is 72.6 Å². The molecule has 3 rings (SSSR count). The first-order valence-electron chi connectivity index (χ1n) is 8.11. The van der Waals surface area contributed by atoms with Gasteiger partial charge in [0.2, 0.25) is 5.91 Å². The zero-order chi connectivity index (χ0) is 17.6. The number of likely N-dealkylation sites (N-methyl/N-ethyl adjacent to an activating group) is 1. The van der Waals surface area contributed by atoms with Crippen LogP contribution in [0.4, 0.5) is 5.69 Å². The summed E-state index contributed by atoms with van der Waals surface area (Å²) in [6.45, 7) is 0.801. The molecule has 0 radical (unpaired) electrons. The van der Waals surface area contributed by atoms with Crippen LogP contribution in [0.15, 0.2) is 66.7 Å². The number of nitrogens with zero attached hydrogens (tertiary/aromatic N) is 2. The quantitative estimate of drug-likeness (QED) is 0.775. The first-order chi connectivity index (χ1) is 12.2. The number of hydrogen-bond donors (Lipinski definition) is 1. The lowest BCUT2D eigenvalue weighted by atomic mass is 10.1. The maximum atomic E-state index is 12.4. The largest absolute Gasteiger partial charge is 0.324 e. The third-order valence-corrected chi connectivity index (χ3v) is 4.06. The first kappa shape index (κ1) is 16.7. The van der Waals surface area contributed by atoms with Gasteiger partial charge in [-0.3, -0.25) is 9.69 Å². The zero-order valence-electron chi connectivity index (χ0n) is 14.1. The fourth-order valence-electron chi connectivity index (χ4n) is 2.88. The molecule has 4 heteroatoms. The third kappa shape index (κ3) is 4.03. The van der Waals surface area contributed by atoms with Crippen LogP contribution in [0.25, 0.3) is 10.8 Å². The van der Waals surface area contributed by atoms with E-state index in [1.54, 1.807) is 6.07 Å². The predicted octanol–water partition coefficient (Wildman–Crippen LogP) is 3.78. The minimum Gasteiger partial charge on any atom is -0.324 e. The number of carbonyl (C=O) groups excluding carboxylic acids is 1. The van der Waals surface area contributed by atoms with Crippen LogP contribution < -0.4 is 5.32 Å². The maximum absolute atomic E-state index is 12.4. The van der Waals surface area contributed by atoms with Crippen LogP contribution in [0, 0.1) is 11.3 Å². The van der Waals surface area contributed by atoms with Gasteiger partial charge in [-0.1, -0.05) is 54.6 Å². The van der Waals surface area contributed by atoms with Crippen molar-refractivity contribution in [2.45, 2.75) is 6.54 Å². The van der Waals surface area contributed by atoms with Crippen LogP contribution in [-0.4, -0.2) is 24.4 Å². The van der Waals surface area contributed by atoms with Crippen molar-refractivity contribution in [1.29, 1.82) is 5.26 Å². The van der Waals surface area contributed by atoms with Crippen molar-refractivity contribution >= 4 is 22.4 Å². The van der Waals surface area contributed by atoms with Crippen molar-refractivity contribution in [2.24, 2.45) is 0 Å². The molecule has 1 amide bonds. The van der Waals surface area contributed by atoms with E-state index in [2.05, 4.69) is 11.4 Å². The van der Waals surface area contributed by atoms with Gasteiger partial charge in [-0.15, -0.1) is 0 Å². The van der Waals surface area contributed by atoms with Crippen LogP contribution in [0.5, 0.6) is 0 Å². The lowest BCUT2D eigenvalue weighted by molar-refractivity contribution is -0.117. The molecule has 0 heterocycles. The van der Waals surface area contributed by atoms with Gasteiger partial charge in [-0.25, -0.2) is 0 Å². The normalized spacial score (nSPS) is 10.6. The molecular formula is C21H19N3O. The number of nitriles is 1. The van der Waals surface area contributed by atoms with Gasteiger partial charge in [-0.2, -0.15) is 5.26 Å². The molecule has 25 heavy (non-hydrogen) atoms. The van der Waals surface area contributed by atoms with Gasteiger partial charge in [0.15, 0.2) is 0 Å². The maximum Gasteiger partial charge on any atom is 0.238 e. The molecule has 0 aliphatic heterocycles. The van der Waals surface area contributed by atoms with Crippen molar-refractivity contribution < 1.29 is 4.79 Å². The Morgan fingerprint density at radius 2 is 1.76 bits per heavy atom. The summed E-state index contributed by atoms with van der Waals surface area (Å²) in [7, 11) is 1.87.